The van der Waals surface area contributed by atoms with E-state index in [2.05, 4.69) is 11.4 Å². The molecule has 4 nitrogen and oxygen atoms in total. The molecule has 2 rings (SSSR count). The maximum absolute atomic E-state index is 11.4. The summed E-state index contributed by atoms with van der Waals surface area (Å²) in [4.78, 5) is 11.4. The van der Waals surface area contributed by atoms with Crippen molar-refractivity contribution in [3.63, 3.8) is 0 Å². The largest absolute Gasteiger partial charge is 0.378 e. The van der Waals surface area contributed by atoms with Gasteiger partial charge in [0.15, 0.2) is 0 Å². The highest BCUT2D eigenvalue weighted by molar-refractivity contribution is 5.95. The van der Waals surface area contributed by atoms with Crippen LogP contribution in [0.15, 0.2) is 42.5 Å². The molecular weight excluding hydrogens is 262 g/mol. The number of rotatable bonds is 4. The van der Waals surface area contributed by atoms with E-state index < -0.39 is 5.91 Å². The van der Waals surface area contributed by atoms with Crippen molar-refractivity contribution < 1.29 is 4.79 Å². The molecule has 4 heteroatoms. The minimum absolute atomic E-state index is 0.0552. The summed E-state index contributed by atoms with van der Waals surface area (Å²) in [5.74, 6) is -0.429. The van der Waals surface area contributed by atoms with Gasteiger partial charge in [-0.3, -0.25) is 4.79 Å². The molecule has 0 bridgehead atoms. The maximum atomic E-state index is 11.4. The van der Waals surface area contributed by atoms with E-state index in [1.165, 1.54) is 0 Å². The van der Waals surface area contributed by atoms with E-state index in [1.807, 2.05) is 32.0 Å². The van der Waals surface area contributed by atoms with Crippen molar-refractivity contribution in [3.8, 4) is 6.07 Å². The molecule has 0 aromatic heterocycles. The molecule has 0 radical (unpaired) electrons. The lowest BCUT2D eigenvalue weighted by atomic mass is 10.0. The fourth-order valence-corrected chi connectivity index (χ4v) is 2.22. The van der Waals surface area contributed by atoms with E-state index in [1.54, 1.807) is 24.3 Å². The van der Waals surface area contributed by atoms with Gasteiger partial charge in [-0.15, -0.1) is 0 Å². The molecule has 2 aromatic carbocycles. The lowest BCUT2D eigenvalue weighted by molar-refractivity contribution is 0.1000. The summed E-state index contributed by atoms with van der Waals surface area (Å²) >= 11 is 0. The molecule has 0 aliphatic heterocycles. The first kappa shape index (κ1) is 14.6. The maximum Gasteiger partial charge on any atom is 0.249 e. The van der Waals surface area contributed by atoms with Crippen molar-refractivity contribution in [1.29, 1.82) is 5.26 Å². The molecule has 0 aliphatic rings. The number of nitrogens with zero attached hydrogens (tertiary/aromatic N) is 1. The Kier molecular flexibility index (Phi) is 4.24. The zero-order valence-electron chi connectivity index (χ0n) is 12.1. The number of nitrogens with one attached hydrogen (secondary N) is 1. The summed E-state index contributed by atoms with van der Waals surface area (Å²) in [6.45, 7) is 3.89. The Hall–Kier alpha value is -2.80. The van der Waals surface area contributed by atoms with E-state index in [0.717, 1.165) is 16.8 Å². The number of amides is 1. The first-order valence-corrected chi connectivity index (χ1v) is 6.69. The predicted molar refractivity (Wildman–Crippen MR) is 82.9 cm³/mol. The van der Waals surface area contributed by atoms with Gasteiger partial charge in [0.25, 0.3) is 0 Å². The molecule has 0 aliphatic carbocycles. The third-order valence-electron chi connectivity index (χ3n) is 3.51. The summed E-state index contributed by atoms with van der Waals surface area (Å²) in [5.41, 5.74) is 9.30. The van der Waals surface area contributed by atoms with Crippen LogP contribution in [0.4, 0.5) is 5.69 Å². The van der Waals surface area contributed by atoms with Gasteiger partial charge in [0.1, 0.15) is 0 Å². The van der Waals surface area contributed by atoms with Crippen molar-refractivity contribution in [2.24, 2.45) is 5.73 Å². The third kappa shape index (κ3) is 3.21. The number of anilines is 1. The van der Waals surface area contributed by atoms with Crippen LogP contribution in [0.3, 0.4) is 0 Å². The highest BCUT2D eigenvalue weighted by Crippen LogP contribution is 2.24. The van der Waals surface area contributed by atoms with Crippen LogP contribution >= 0.6 is 0 Å². The van der Waals surface area contributed by atoms with Crippen LogP contribution in [0.2, 0.25) is 0 Å². The van der Waals surface area contributed by atoms with Gasteiger partial charge in [-0.25, -0.2) is 0 Å². The Labute approximate surface area is 124 Å². The molecule has 0 heterocycles. The smallest absolute Gasteiger partial charge is 0.249 e. The van der Waals surface area contributed by atoms with Gasteiger partial charge in [-0.05, 0) is 49.2 Å². The van der Waals surface area contributed by atoms with Gasteiger partial charge in [0.05, 0.1) is 11.6 Å². The molecule has 1 atom stereocenters. The highest BCUT2D eigenvalue weighted by Gasteiger charge is 2.11. The topological polar surface area (TPSA) is 78.9 Å². The second-order valence-electron chi connectivity index (χ2n) is 4.94. The minimum atomic E-state index is -0.429. The van der Waals surface area contributed by atoms with Crippen LogP contribution in [0.25, 0.3) is 0 Å². The van der Waals surface area contributed by atoms with E-state index >= 15 is 0 Å². The van der Waals surface area contributed by atoms with Gasteiger partial charge in [0.2, 0.25) is 5.91 Å². The Morgan fingerprint density at radius 1 is 1.24 bits per heavy atom. The minimum Gasteiger partial charge on any atom is -0.378 e. The van der Waals surface area contributed by atoms with E-state index in [9.17, 15) is 4.79 Å². The number of carbonyl (C=O) groups excluding carboxylic acids is 1. The second-order valence-corrected chi connectivity index (χ2v) is 4.94. The SMILES string of the molecule is Cc1c(NC(C)c2ccc(C#N)cc2)cccc1C(N)=O. The van der Waals surface area contributed by atoms with Gasteiger partial charge < -0.3 is 11.1 Å². The molecule has 0 saturated heterocycles. The summed E-state index contributed by atoms with van der Waals surface area (Å²) in [6.07, 6.45) is 0. The average Bonchev–Trinajstić information content (AvgIpc) is 2.49. The van der Waals surface area contributed by atoms with Crippen LogP contribution in [0, 0.1) is 18.3 Å². The monoisotopic (exact) mass is 279 g/mol. The van der Waals surface area contributed by atoms with E-state index in [-0.39, 0.29) is 6.04 Å². The zero-order valence-corrected chi connectivity index (χ0v) is 12.1. The summed E-state index contributed by atoms with van der Waals surface area (Å²) in [5, 5.41) is 12.2. The van der Waals surface area contributed by atoms with Gasteiger partial charge in [-0.1, -0.05) is 18.2 Å². The Morgan fingerprint density at radius 3 is 2.48 bits per heavy atom. The Morgan fingerprint density at radius 2 is 1.90 bits per heavy atom. The number of hydrogen-bond acceptors (Lipinski definition) is 3. The molecule has 0 spiro atoms. The second kappa shape index (κ2) is 6.10. The first-order valence-electron chi connectivity index (χ1n) is 6.69. The molecule has 2 aromatic rings. The van der Waals surface area contributed by atoms with Crippen molar-refractivity contribution in [2.45, 2.75) is 19.9 Å². The summed E-state index contributed by atoms with van der Waals surface area (Å²) in [6, 6.07) is 15.0. The van der Waals surface area contributed by atoms with Gasteiger partial charge >= 0.3 is 0 Å². The fourth-order valence-electron chi connectivity index (χ4n) is 2.22. The van der Waals surface area contributed by atoms with Crippen LogP contribution < -0.4 is 11.1 Å². The van der Waals surface area contributed by atoms with Crippen LogP contribution in [-0.2, 0) is 0 Å². The van der Waals surface area contributed by atoms with Crippen molar-refractivity contribution in [3.05, 3.63) is 64.7 Å². The third-order valence-corrected chi connectivity index (χ3v) is 3.51. The quantitative estimate of drug-likeness (QED) is 0.902. The van der Waals surface area contributed by atoms with E-state index in [4.69, 9.17) is 11.0 Å². The molecule has 106 valence electrons. The molecule has 1 amide bonds. The predicted octanol–water partition coefficient (Wildman–Crippen LogP) is 3.14. The Balaban J connectivity index is 2.23. The number of carbonyl (C=O) groups is 1. The first-order chi connectivity index (χ1) is 10.0. The lowest BCUT2D eigenvalue weighted by Crippen LogP contribution is -2.15. The lowest BCUT2D eigenvalue weighted by Gasteiger charge is -2.18. The zero-order chi connectivity index (χ0) is 15.4. The highest BCUT2D eigenvalue weighted by atomic mass is 16.1. The number of nitriles is 1. The molecule has 3 N–H and O–H groups in total. The van der Waals surface area contributed by atoms with E-state index in [0.29, 0.717) is 11.1 Å². The molecule has 1 unspecified atom stereocenters. The fraction of sp³-hybridized carbons (Fsp3) is 0.176. The summed E-state index contributed by atoms with van der Waals surface area (Å²) < 4.78 is 0. The molecule has 0 saturated carbocycles. The molecule has 0 fully saturated rings. The van der Waals surface area contributed by atoms with Crippen molar-refractivity contribution in [1.82, 2.24) is 0 Å². The van der Waals surface area contributed by atoms with Crippen molar-refractivity contribution in [2.75, 3.05) is 5.32 Å². The standard InChI is InChI=1S/C17H17N3O/c1-11-15(17(19)21)4-3-5-16(11)20-12(2)14-8-6-13(10-18)7-9-14/h3-9,12,20H,1-2H3,(H2,19,21). The number of hydrogen-bond donors (Lipinski definition) is 2. The Bertz CT molecular complexity index is 699. The van der Waals surface area contributed by atoms with Crippen molar-refractivity contribution >= 4 is 11.6 Å². The van der Waals surface area contributed by atoms with Gasteiger partial charge in [0, 0.05) is 17.3 Å². The average molecular weight is 279 g/mol. The van der Waals surface area contributed by atoms with Crippen LogP contribution in [-0.4, -0.2) is 5.91 Å². The normalized spacial score (nSPS) is 11.5. The van der Waals surface area contributed by atoms with Crippen LogP contribution in [0.5, 0.6) is 0 Å². The number of benzene rings is 2. The summed E-state index contributed by atoms with van der Waals surface area (Å²) in [7, 11) is 0. The number of primary amides is 1. The van der Waals surface area contributed by atoms with Crippen LogP contribution in [0.1, 0.15) is 40.0 Å². The molecular formula is C17H17N3O. The molecule has 21 heavy (non-hydrogen) atoms. The number of nitrogens with two attached hydrogens (primary N) is 1. The van der Waals surface area contributed by atoms with Gasteiger partial charge in [-0.2, -0.15) is 5.26 Å².